The van der Waals surface area contributed by atoms with E-state index in [1.807, 2.05) is 33.3 Å². The first-order valence-corrected chi connectivity index (χ1v) is 22.8. The van der Waals surface area contributed by atoms with E-state index < -0.39 is 32.5 Å². The molecule has 0 heterocycles. The molecule has 0 spiro atoms. The highest BCUT2D eigenvalue weighted by atomic mass is 31.2. The monoisotopic (exact) mass is 797 g/mol. The first-order chi connectivity index (χ1) is 26.4. The van der Waals surface area contributed by atoms with Crippen molar-refractivity contribution in [3.63, 3.8) is 0 Å². The molecule has 0 aliphatic rings. The summed E-state index contributed by atoms with van der Waals surface area (Å²) in [6.45, 7) is 4.15. The molecular weight excluding hydrogens is 717 g/mol. The number of likely N-dealkylation sites (N-methyl/N-ethyl adjacent to an activating group) is 1. The van der Waals surface area contributed by atoms with E-state index in [1.54, 1.807) is 6.08 Å². The standard InChI is InChI=1S/C44H78NO9P/c1-6-8-10-11-12-13-14-15-16-17-18-21-24-27-31-35-43(47)51-39-42(40-53-55(49,50)52-38-37-45(3,4)5)54-44(48)36-32-28-25-22-19-20-23-26-30-34-41(46)33-29-9-7-2/h12-13,15-16,23,26,30,34,42H,6-11,14,17-22,24-25,27-29,31-33,35-40H2,1-5H3/p+1/b13-12-,16-15-,26-23-,34-30+/t42-/m1/s1. The minimum Gasteiger partial charge on any atom is -0.462 e. The van der Waals surface area contributed by atoms with Gasteiger partial charge >= 0.3 is 19.8 Å². The van der Waals surface area contributed by atoms with E-state index in [4.69, 9.17) is 18.5 Å². The van der Waals surface area contributed by atoms with Crippen LogP contribution < -0.4 is 0 Å². The fourth-order valence-electron chi connectivity index (χ4n) is 5.38. The molecule has 0 aromatic heterocycles. The summed E-state index contributed by atoms with van der Waals surface area (Å²) < 4.78 is 34.2. The molecule has 0 aliphatic carbocycles. The molecule has 1 N–H and O–H groups in total. The highest BCUT2D eigenvalue weighted by Gasteiger charge is 2.27. The number of carbonyl (C=O) groups excluding carboxylic acids is 3. The minimum absolute atomic E-state index is 0.0117. The Morgan fingerprint density at radius 3 is 1.76 bits per heavy atom. The van der Waals surface area contributed by atoms with Gasteiger partial charge in [0, 0.05) is 19.3 Å². The third-order valence-corrected chi connectivity index (χ3v) is 9.79. The summed E-state index contributed by atoms with van der Waals surface area (Å²) >= 11 is 0. The van der Waals surface area contributed by atoms with Crippen molar-refractivity contribution in [2.24, 2.45) is 0 Å². The molecule has 0 radical (unpaired) electrons. The zero-order valence-corrected chi connectivity index (χ0v) is 36.3. The van der Waals surface area contributed by atoms with E-state index in [-0.39, 0.29) is 31.8 Å². The highest BCUT2D eigenvalue weighted by Crippen LogP contribution is 2.43. The normalized spacial score (nSPS) is 14.0. The summed E-state index contributed by atoms with van der Waals surface area (Å²) in [5, 5.41) is 0. The van der Waals surface area contributed by atoms with Crippen LogP contribution in [0.5, 0.6) is 0 Å². The first kappa shape index (κ1) is 52.6. The lowest BCUT2D eigenvalue weighted by Gasteiger charge is -2.24. The van der Waals surface area contributed by atoms with Crippen LogP contribution in [0.2, 0.25) is 0 Å². The van der Waals surface area contributed by atoms with Crippen LogP contribution >= 0.6 is 7.82 Å². The molecule has 0 amide bonds. The van der Waals surface area contributed by atoms with E-state index in [0.717, 1.165) is 89.9 Å². The molecule has 0 saturated carbocycles. The van der Waals surface area contributed by atoms with Crippen molar-refractivity contribution in [2.45, 2.75) is 168 Å². The van der Waals surface area contributed by atoms with Crippen molar-refractivity contribution in [2.75, 3.05) is 47.5 Å². The Morgan fingerprint density at radius 1 is 0.618 bits per heavy atom. The van der Waals surface area contributed by atoms with Crippen LogP contribution in [0.1, 0.15) is 162 Å². The number of rotatable bonds is 38. The average molecular weight is 797 g/mol. The molecule has 0 aliphatic heterocycles. The van der Waals surface area contributed by atoms with Gasteiger partial charge in [0.15, 0.2) is 11.9 Å². The molecule has 0 aromatic rings. The fraction of sp³-hybridized carbons (Fsp3) is 0.750. The Kier molecular flexibility index (Phi) is 34.5. The lowest BCUT2D eigenvalue weighted by molar-refractivity contribution is -0.870. The predicted molar refractivity (Wildman–Crippen MR) is 225 cm³/mol. The number of unbranched alkanes of at least 4 members (excludes halogenated alkanes) is 15. The maximum atomic E-state index is 12.7. The summed E-state index contributed by atoms with van der Waals surface area (Å²) in [6.07, 6.45) is 37.0. The fourth-order valence-corrected chi connectivity index (χ4v) is 6.12. The van der Waals surface area contributed by atoms with Gasteiger partial charge in [-0.2, -0.15) is 0 Å². The molecule has 0 aromatic carbocycles. The van der Waals surface area contributed by atoms with Crippen LogP contribution in [-0.4, -0.2) is 80.7 Å². The number of allylic oxidation sites excluding steroid dienone is 8. The summed E-state index contributed by atoms with van der Waals surface area (Å²) in [4.78, 5) is 47.1. The Morgan fingerprint density at radius 2 is 1.15 bits per heavy atom. The molecule has 10 nitrogen and oxygen atoms in total. The van der Waals surface area contributed by atoms with E-state index >= 15 is 0 Å². The van der Waals surface area contributed by atoms with Gasteiger partial charge in [0.1, 0.15) is 19.8 Å². The SMILES string of the molecule is CCCCC/C=C\C/C=C\CCCCCCCC(=O)OC[C@H](COP(=O)(O)OCC[N+](C)(C)C)OC(=O)CCCCCCC/C=C\C=C\C(=O)CCCCC. The van der Waals surface area contributed by atoms with Crippen LogP contribution in [-0.2, 0) is 37.5 Å². The summed E-state index contributed by atoms with van der Waals surface area (Å²) in [5.41, 5.74) is 0. The third-order valence-electron chi connectivity index (χ3n) is 8.81. The zero-order valence-electron chi connectivity index (χ0n) is 35.4. The third kappa shape index (κ3) is 39.7. The number of quaternary nitrogens is 1. The number of esters is 2. The zero-order chi connectivity index (χ0) is 40.9. The van der Waals surface area contributed by atoms with Crippen molar-refractivity contribution in [1.29, 1.82) is 0 Å². The van der Waals surface area contributed by atoms with Gasteiger partial charge in [0.25, 0.3) is 0 Å². The number of hydrogen-bond donors (Lipinski definition) is 1. The Balaban J connectivity index is 4.48. The quantitative estimate of drug-likeness (QED) is 0.0124. The van der Waals surface area contributed by atoms with Crippen LogP contribution in [0.15, 0.2) is 48.6 Å². The second-order valence-corrected chi connectivity index (χ2v) is 16.9. The molecule has 0 bridgehead atoms. The summed E-state index contributed by atoms with van der Waals surface area (Å²) in [7, 11) is 1.41. The number of ketones is 1. The number of nitrogens with zero attached hydrogens (tertiary/aromatic N) is 1. The van der Waals surface area contributed by atoms with Crippen molar-refractivity contribution in [1.82, 2.24) is 0 Å². The second-order valence-electron chi connectivity index (χ2n) is 15.4. The number of phosphoric acid groups is 1. The molecule has 0 saturated heterocycles. The molecule has 2 atom stereocenters. The molecule has 11 heteroatoms. The Labute approximate surface area is 335 Å². The minimum atomic E-state index is -4.40. The van der Waals surface area contributed by atoms with Crippen molar-refractivity contribution in [3.05, 3.63) is 48.6 Å². The van der Waals surface area contributed by atoms with E-state index in [2.05, 4.69) is 44.2 Å². The molecular formula is C44H79NO9P+. The van der Waals surface area contributed by atoms with Gasteiger partial charge in [-0.15, -0.1) is 0 Å². The van der Waals surface area contributed by atoms with Gasteiger partial charge in [0.05, 0.1) is 27.7 Å². The molecule has 1 unspecified atom stereocenters. The van der Waals surface area contributed by atoms with Crippen molar-refractivity contribution < 1.29 is 46.8 Å². The molecule has 318 valence electrons. The van der Waals surface area contributed by atoms with Crippen LogP contribution in [0.4, 0.5) is 0 Å². The van der Waals surface area contributed by atoms with Crippen LogP contribution in [0.25, 0.3) is 0 Å². The van der Waals surface area contributed by atoms with Crippen molar-refractivity contribution in [3.8, 4) is 0 Å². The summed E-state index contributed by atoms with van der Waals surface area (Å²) in [5.74, 6) is -0.705. The molecule has 0 rings (SSSR count). The molecule has 55 heavy (non-hydrogen) atoms. The van der Waals surface area contributed by atoms with Gasteiger partial charge in [-0.05, 0) is 70.3 Å². The smallest absolute Gasteiger partial charge is 0.462 e. The van der Waals surface area contributed by atoms with Gasteiger partial charge < -0.3 is 18.9 Å². The first-order valence-electron chi connectivity index (χ1n) is 21.3. The van der Waals surface area contributed by atoms with E-state index in [0.29, 0.717) is 30.3 Å². The number of phosphoric ester groups is 1. The predicted octanol–water partition coefficient (Wildman–Crippen LogP) is 11.1. The lowest BCUT2D eigenvalue weighted by atomic mass is 10.1. The van der Waals surface area contributed by atoms with Crippen molar-refractivity contribution >= 4 is 25.5 Å². The number of hydrogen-bond acceptors (Lipinski definition) is 8. The number of carbonyl (C=O) groups is 3. The number of ether oxygens (including phenoxy) is 2. The Bertz CT molecular complexity index is 1140. The van der Waals surface area contributed by atoms with Crippen LogP contribution in [0, 0.1) is 0 Å². The van der Waals surface area contributed by atoms with E-state index in [1.165, 1.54) is 25.7 Å². The second kappa shape index (κ2) is 36.0. The topological polar surface area (TPSA) is 125 Å². The van der Waals surface area contributed by atoms with Gasteiger partial charge in [-0.3, -0.25) is 23.4 Å². The highest BCUT2D eigenvalue weighted by molar-refractivity contribution is 7.47. The summed E-state index contributed by atoms with van der Waals surface area (Å²) in [6, 6.07) is 0. The Hall–Kier alpha value is -2.36. The largest absolute Gasteiger partial charge is 0.472 e. The lowest BCUT2D eigenvalue weighted by Crippen LogP contribution is -2.37. The van der Waals surface area contributed by atoms with E-state index in [9.17, 15) is 23.8 Å². The maximum absolute atomic E-state index is 12.7. The van der Waals surface area contributed by atoms with Gasteiger partial charge in [-0.25, -0.2) is 4.57 Å². The van der Waals surface area contributed by atoms with Gasteiger partial charge in [-0.1, -0.05) is 121 Å². The average Bonchev–Trinajstić information content (AvgIpc) is 3.12. The van der Waals surface area contributed by atoms with Crippen LogP contribution in [0.3, 0.4) is 0 Å². The maximum Gasteiger partial charge on any atom is 0.472 e. The van der Waals surface area contributed by atoms with Gasteiger partial charge in [0.2, 0.25) is 0 Å². The molecule has 0 fully saturated rings.